The second-order valence-electron chi connectivity index (χ2n) is 4.28. The first-order chi connectivity index (χ1) is 8.74. The summed E-state index contributed by atoms with van der Waals surface area (Å²) in [5.41, 5.74) is 6.56. The van der Waals surface area contributed by atoms with Crippen LogP contribution in [0, 0.1) is 0 Å². The van der Waals surface area contributed by atoms with Crippen LogP contribution in [0.4, 0.5) is 5.95 Å². The quantitative estimate of drug-likeness (QED) is 0.859. The third-order valence-corrected chi connectivity index (χ3v) is 3.46. The normalized spacial score (nSPS) is 12.8. The average molecular weight is 312 g/mol. The van der Waals surface area contributed by atoms with E-state index in [1.165, 1.54) is 6.42 Å². The van der Waals surface area contributed by atoms with E-state index in [0.717, 1.165) is 23.0 Å². The second-order valence-corrected chi connectivity index (χ2v) is 5.13. The molecule has 0 aliphatic heterocycles. The Morgan fingerprint density at radius 2 is 2.39 bits per heavy atom. The van der Waals surface area contributed by atoms with Gasteiger partial charge in [-0.3, -0.25) is 0 Å². The summed E-state index contributed by atoms with van der Waals surface area (Å²) < 4.78 is 2.68. The maximum atomic E-state index is 5.75. The average Bonchev–Trinajstić information content (AvgIpc) is 2.78. The number of unbranched alkanes of at least 4 members (excludes halogenated alkanes) is 1. The minimum Gasteiger partial charge on any atom is -0.349 e. The molecule has 0 aromatic carbocycles. The van der Waals surface area contributed by atoms with E-state index in [1.807, 2.05) is 18.3 Å². The van der Waals surface area contributed by atoms with Crippen LogP contribution in [0.1, 0.15) is 26.2 Å². The van der Waals surface area contributed by atoms with Crippen LogP contribution in [0.5, 0.6) is 0 Å². The lowest BCUT2D eigenvalue weighted by molar-refractivity contribution is 0.610. The number of fused-ring (bicyclic) bond motifs is 1. The van der Waals surface area contributed by atoms with Gasteiger partial charge < -0.3 is 11.1 Å². The fourth-order valence-electron chi connectivity index (χ4n) is 1.82. The first-order valence-corrected chi connectivity index (χ1v) is 7.01. The first-order valence-electron chi connectivity index (χ1n) is 6.22. The molecule has 18 heavy (non-hydrogen) atoms. The van der Waals surface area contributed by atoms with Crippen molar-refractivity contribution in [2.45, 2.75) is 32.2 Å². The highest BCUT2D eigenvalue weighted by molar-refractivity contribution is 9.10. The molecule has 0 saturated carbocycles. The third-order valence-electron chi connectivity index (χ3n) is 2.84. The number of anilines is 1. The lowest BCUT2D eigenvalue weighted by Crippen LogP contribution is -2.29. The molecule has 98 valence electrons. The number of aromatic nitrogens is 3. The Bertz CT molecular complexity index is 510. The van der Waals surface area contributed by atoms with E-state index in [4.69, 9.17) is 5.73 Å². The smallest absolute Gasteiger partial charge is 0.243 e. The van der Waals surface area contributed by atoms with Gasteiger partial charge in [0.25, 0.3) is 0 Å². The maximum Gasteiger partial charge on any atom is 0.243 e. The molecule has 0 amide bonds. The predicted molar refractivity (Wildman–Crippen MR) is 76.7 cm³/mol. The van der Waals surface area contributed by atoms with Crippen molar-refractivity contribution >= 4 is 27.5 Å². The Balaban J connectivity index is 2.13. The van der Waals surface area contributed by atoms with Crippen molar-refractivity contribution in [3.05, 3.63) is 22.8 Å². The van der Waals surface area contributed by atoms with E-state index >= 15 is 0 Å². The Hall–Kier alpha value is -1.14. The Labute approximate surface area is 115 Å². The molecule has 0 spiro atoms. The molecule has 1 atom stereocenters. The SMILES string of the molecule is CCCCC(CN)Nc1nc2c(Br)cccn2n1. The Kier molecular flexibility index (Phi) is 4.54. The van der Waals surface area contributed by atoms with Crippen molar-refractivity contribution < 1.29 is 0 Å². The zero-order valence-corrected chi connectivity index (χ0v) is 12.0. The highest BCUT2D eigenvalue weighted by Crippen LogP contribution is 2.17. The molecule has 0 fully saturated rings. The highest BCUT2D eigenvalue weighted by atomic mass is 79.9. The maximum absolute atomic E-state index is 5.75. The van der Waals surface area contributed by atoms with Crippen molar-refractivity contribution in [3.63, 3.8) is 0 Å². The molecule has 2 aromatic heterocycles. The van der Waals surface area contributed by atoms with E-state index < -0.39 is 0 Å². The van der Waals surface area contributed by atoms with E-state index in [2.05, 4.69) is 38.3 Å². The van der Waals surface area contributed by atoms with Crippen LogP contribution in [0.2, 0.25) is 0 Å². The van der Waals surface area contributed by atoms with Gasteiger partial charge in [0.05, 0.1) is 4.47 Å². The van der Waals surface area contributed by atoms with Gasteiger partial charge in [-0.25, -0.2) is 4.52 Å². The number of rotatable bonds is 6. The largest absolute Gasteiger partial charge is 0.349 e. The molecule has 0 aliphatic carbocycles. The summed E-state index contributed by atoms with van der Waals surface area (Å²) in [4.78, 5) is 4.45. The number of nitrogens with one attached hydrogen (secondary N) is 1. The van der Waals surface area contributed by atoms with Crippen LogP contribution < -0.4 is 11.1 Å². The zero-order chi connectivity index (χ0) is 13.0. The predicted octanol–water partition coefficient (Wildman–Crippen LogP) is 2.42. The van der Waals surface area contributed by atoms with Crippen molar-refractivity contribution in [2.24, 2.45) is 5.73 Å². The zero-order valence-electron chi connectivity index (χ0n) is 10.4. The van der Waals surface area contributed by atoms with Gasteiger partial charge >= 0.3 is 0 Å². The second kappa shape index (κ2) is 6.15. The minimum absolute atomic E-state index is 0.237. The van der Waals surface area contributed by atoms with Gasteiger partial charge in [0.2, 0.25) is 5.95 Å². The first kappa shape index (κ1) is 13.3. The fraction of sp³-hybridized carbons (Fsp3) is 0.500. The molecule has 5 nitrogen and oxygen atoms in total. The topological polar surface area (TPSA) is 68.2 Å². The summed E-state index contributed by atoms with van der Waals surface area (Å²) in [6, 6.07) is 4.11. The van der Waals surface area contributed by atoms with E-state index in [0.29, 0.717) is 12.5 Å². The molecule has 2 aromatic rings. The van der Waals surface area contributed by atoms with Gasteiger partial charge in [0, 0.05) is 18.8 Å². The van der Waals surface area contributed by atoms with Crippen LogP contribution in [0.3, 0.4) is 0 Å². The van der Waals surface area contributed by atoms with Crippen LogP contribution in [0.15, 0.2) is 22.8 Å². The van der Waals surface area contributed by atoms with E-state index in [1.54, 1.807) is 4.52 Å². The molecule has 0 bridgehead atoms. The molecule has 2 heterocycles. The van der Waals surface area contributed by atoms with Gasteiger partial charge in [-0.1, -0.05) is 19.8 Å². The third kappa shape index (κ3) is 3.00. The summed E-state index contributed by atoms with van der Waals surface area (Å²) >= 11 is 3.46. The van der Waals surface area contributed by atoms with Crippen LogP contribution in [-0.2, 0) is 0 Å². The molecule has 0 radical (unpaired) electrons. The van der Waals surface area contributed by atoms with Crippen molar-refractivity contribution in [1.82, 2.24) is 14.6 Å². The van der Waals surface area contributed by atoms with Crippen molar-refractivity contribution in [1.29, 1.82) is 0 Å². The summed E-state index contributed by atoms with van der Waals surface area (Å²) in [6.07, 6.45) is 5.25. The van der Waals surface area contributed by atoms with Gasteiger partial charge in [0.15, 0.2) is 5.65 Å². The Morgan fingerprint density at radius 1 is 1.56 bits per heavy atom. The standard InChI is InChI=1S/C12H18BrN5/c1-2-3-5-9(8-14)15-12-16-11-10(13)6-4-7-18(11)17-12/h4,6-7,9H,2-3,5,8,14H2,1H3,(H,15,17). The minimum atomic E-state index is 0.237. The fourth-order valence-corrected chi connectivity index (χ4v) is 2.24. The number of halogens is 1. The molecular weight excluding hydrogens is 294 g/mol. The summed E-state index contributed by atoms with van der Waals surface area (Å²) in [7, 11) is 0. The van der Waals surface area contributed by atoms with Crippen LogP contribution in [0.25, 0.3) is 5.65 Å². The number of pyridine rings is 1. The lowest BCUT2D eigenvalue weighted by Gasteiger charge is -2.14. The Morgan fingerprint density at radius 3 is 3.06 bits per heavy atom. The van der Waals surface area contributed by atoms with Gasteiger partial charge in [-0.2, -0.15) is 4.98 Å². The molecule has 2 rings (SSSR count). The molecule has 0 saturated heterocycles. The number of hydrogen-bond acceptors (Lipinski definition) is 4. The summed E-state index contributed by atoms with van der Waals surface area (Å²) in [6.45, 7) is 2.77. The van der Waals surface area contributed by atoms with Crippen LogP contribution >= 0.6 is 15.9 Å². The summed E-state index contributed by atoms with van der Waals surface area (Å²) in [5, 5.41) is 7.67. The molecule has 3 N–H and O–H groups in total. The van der Waals surface area contributed by atoms with Gasteiger partial charge in [-0.15, -0.1) is 5.10 Å². The van der Waals surface area contributed by atoms with Crippen LogP contribution in [-0.4, -0.2) is 27.2 Å². The molecule has 1 unspecified atom stereocenters. The monoisotopic (exact) mass is 311 g/mol. The highest BCUT2D eigenvalue weighted by Gasteiger charge is 2.10. The number of nitrogens with zero attached hydrogens (tertiary/aromatic N) is 3. The van der Waals surface area contributed by atoms with Crippen molar-refractivity contribution in [2.75, 3.05) is 11.9 Å². The van der Waals surface area contributed by atoms with Crippen molar-refractivity contribution in [3.8, 4) is 0 Å². The summed E-state index contributed by atoms with van der Waals surface area (Å²) in [5.74, 6) is 0.633. The molecule has 0 aliphatic rings. The van der Waals surface area contributed by atoms with Gasteiger partial charge in [-0.05, 0) is 34.5 Å². The van der Waals surface area contributed by atoms with Gasteiger partial charge in [0.1, 0.15) is 0 Å². The van der Waals surface area contributed by atoms with E-state index in [9.17, 15) is 0 Å². The molecule has 6 heteroatoms. The van der Waals surface area contributed by atoms with E-state index in [-0.39, 0.29) is 6.04 Å². The molecular formula is C12H18BrN5. The number of hydrogen-bond donors (Lipinski definition) is 2. The number of nitrogens with two attached hydrogens (primary N) is 1. The lowest BCUT2D eigenvalue weighted by atomic mass is 10.1.